The summed E-state index contributed by atoms with van der Waals surface area (Å²) in [6.07, 6.45) is -2.62. The maximum Gasteiger partial charge on any atom is 0.378 e. The Hall–Kier alpha value is -1.80. The Kier molecular flexibility index (Phi) is 3.47. The molecule has 4 N–H and O–H groups in total. The number of aliphatic hydroxyl groups excluding tert-OH is 3. The number of carbonyl (C=O) groups excluding carboxylic acids is 2. The molecule has 1 heterocycles. The van der Waals surface area contributed by atoms with Crippen LogP contribution in [0.1, 0.15) is 0 Å². The fourth-order valence-corrected chi connectivity index (χ4v) is 1.00. The van der Waals surface area contributed by atoms with Gasteiger partial charge in [0.05, 0.1) is 6.61 Å². The van der Waals surface area contributed by atoms with Gasteiger partial charge >= 0.3 is 5.97 Å². The van der Waals surface area contributed by atoms with Crippen molar-refractivity contribution in [1.29, 1.82) is 0 Å². The van der Waals surface area contributed by atoms with E-state index in [4.69, 9.17) is 10.2 Å². The molecule has 1 rings (SSSR count). The minimum Gasteiger partial charge on any atom is -0.499 e. The number of ether oxygens (including phenoxy) is 1. The number of rotatable bonds is 5. The number of hydroxylamine groups is 1. The zero-order chi connectivity index (χ0) is 11.4. The van der Waals surface area contributed by atoms with Gasteiger partial charge in [-0.2, -0.15) is 5.48 Å². The first-order chi connectivity index (χ1) is 7.11. The minimum atomic E-state index is -1.44. The van der Waals surface area contributed by atoms with Crippen LogP contribution in [-0.2, 0) is 19.2 Å². The summed E-state index contributed by atoms with van der Waals surface area (Å²) in [7, 11) is 0. The molecule has 0 aromatic carbocycles. The molecular formula is C7H9NO7. The first-order valence-electron chi connectivity index (χ1n) is 3.90. The lowest BCUT2D eigenvalue weighted by Gasteiger charge is -2.16. The third-order valence-electron chi connectivity index (χ3n) is 1.67. The molecule has 0 aromatic rings. The molecule has 0 bridgehead atoms. The maximum absolute atomic E-state index is 10.9. The molecule has 0 spiro atoms. The Balaban J connectivity index is 2.82. The average Bonchev–Trinajstić information content (AvgIpc) is 2.52. The summed E-state index contributed by atoms with van der Waals surface area (Å²) >= 11 is 0. The summed E-state index contributed by atoms with van der Waals surface area (Å²) in [5.74, 6) is -2.41. The second-order valence-corrected chi connectivity index (χ2v) is 2.63. The number of esters is 1. The first kappa shape index (κ1) is 11.3. The van der Waals surface area contributed by atoms with Crippen LogP contribution < -0.4 is 5.48 Å². The van der Waals surface area contributed by atoms with Crippen molar-refractivity contribution in [3.8, 4) is 0 Å². The van der Waals surface area contributed by atoms with E-state index in [1.54, 1.807) is 5.48 Å². The van der Waals surface area contributed by atoms with Crippen molar-refractivity contribution < 1.29 is 34.5 Å². The van der Waals surface area contributed by atoms with Crippen molar-refractivity contribution in [3.05, 3.63) is 11.5 Å². The highest BCUT2D eigenvalue weighted by atomic mass is 16.7. The van der Waals surface area contributed by atoms with Crippen LogP contribution >= 0.6 is 0 Å². The normalized spacial score (nSPS) is 22.3. The van der Waals surface area contributed by atoms with E-state index in [9.17, 15) is 14.7 Å². The number of hydrogen-bond acceptors (Lipinski definition) is 7. The van der Waals surface area contributed by atoms with Crippen LogP contribution in [0, 0.1) is 0 Å². The Morgan fingerprint density at radius 3 is 2.87 bits per heavy atom. The van der Waals surface area contributed by atoms with Crippen molar-refractivity contribution in [2.45, 2.75) is 12.2 Å². The van der Waals surface area contributed by atoms with E-state index in [1.807, 2.05) is 0 Å². The monoisotopic (exact) mass is 219 g/mol. The zero-order valence-corrected chi connectivity index (χ0v) is 7.41. The molecular weight excluding hydrogens is 210 g/mol. The van der Waals surface area contributed by atoms with Gasteiger partial charge in [0.25, 0.3) is 0 Å². The third kappa shape index (κ3) is 2.17. The molecule has 0 aromatic heterocycles. The molecule has 0 aliphatic carbocycles. The van der Waals surface area contributed by atoms with Crippen LogP contribution in [0.25, 0.3) is 0 Å². The summed E-state index contributed by atoms with van der Waals surface area (Å²) in [5.41, 5.74) is 1.73. The quantitative estimate of drug-likeness (QED) is 0.233. The number of carbonyl (C=O) groups is 2. The van der Waals surface area contributed by atoms with E-state index in [-0.39, 0.29) is 6.41 Å². The van der Waals surface area contributed by atoms with Crippen molar-refractivity contribution in [2.75, 3.05) is 6.61 Å². The standard InChI is InChI=1S/C7H9NO7/c9-1-3(11)5-6(15-8-2-10)4(12)7(13)14-5/h2-3,5,9,11-12H,1H2,(H,8,10)/t3-,5+/m0/s1. The molecule has 0 saturated carbocycles. The SMILES string of the molecule is O=CNOC1=C(O)C(=O)O[C@@H]1[C@@H](O)CO. The van der Waals surface area contributed by atoms with Gasteiger partial charge in [-0.15, -0.1) is 0 Å². The van der Waals surface area contributed by atoms with Gasteiger partial charge in [-0.25, -0.2) is 4.79 Å². The van der Waals surface area contributed by atoms with Crippen molar-refractivity contribution in [3.63, 3.8) is 0 Å². The summed E-state index contributed by atoms with van der Waals surface area (Å²) in [5, 5.41) is 26.9. The van der Waals surface area contributed by atoms with Crippen LogP contribution in [0.15, 0.2) is 11.5 Å². The van der Waals surface area contributed by atoms with E-state index in [0.29, 0.717) is 0 Å². The predicted molar refractivity (Wildman–Crippen MR) is 42.9 cm³/mol. The number of amides is 1. The van der Waals surface area contributed by atoms with Crippen LogP contribution in [-0.4, -0.2) is 46.5 Å². The highest BCUT2D eigenvalue weighted by Gasteiger charge is 2.41. The number of aliphatic hydroxyl groups is 3. The topological polar surface area (TPSA) is 125 Å². The molecule has 1 aliphatic heterocycles. The smallest absolute Gasteiger partial charge is 0.378 e. The van der Waals surface area contributed by atoms with Gasteiger partial charge in [0.2, 0.25) is 17.9 Å². The Bertz CT molecular complexity index is 300. The van der Waals surface area contributed by atoms with E-state index < -0.39 is 36.3 Å². The lowest BCUT2D eigenvalue weighted by molar-refractivity contribution is -0.148. The second-order valence-electron chi connectivity index (χ2n) is 2.63. The zero-order valence-electron chi connectivity index (χ0n) is 7.41. The number of hydrogen-bond donors (Lipinski definition) is 4. The van der Waals surface area contributed by atoms with E-state index in [0.717, 1.165) is 0 Å². The highest BCUT2D eigenvalue weighted by Crippen LogP contribution is 2.23. The largest absolute Gasteiger partial charge is 0.499 e. The molecule has 8 heteroatoms. The molecule has 0 saturated heterocycles. The Morgan fingerprint density at radius 2 is 2.33 bits per heavy atom. The highest BCUT2D eigenvalue weighted by molar-refractivity contribution is 5.89. The van der Waals surface area contributed by atoms with Crippen LogP contribution in [0.4, 0.5) is 0 Å². The Morgan fingerprint density at radius 1 is 1.67 bits per heavy atom. The summed E-state index contributed by atoms with van der Waals surface area (Å²) in [6.45, 7) is -0.695. The lowest BCUT2D eigenvalue weighted by atomic mass is 10.2. The van der Waals surface area contributed by atoms with Crippen LogP contribution in [0.2, 0.25) is 0 Å². The van der Waals surface area contributed by atoms with E-state index >= 15 is 0 Å². The maximum atomic E-state index is 10.9. The molecule has 84 valence electrons. The molecule has 8 nitrogen and oxygen atoms in total. The Labute approximate surface area is 83.7 Å². The molecule has 15 heavy (non-hydrogen) atoms. The van der Waals surface area contributed by atoms with Gasteiger partial charge in [-0.05, 0) is 0 Å². The van der Waals surface area contributed by atoms with Gasteiger partial charge in [-0.1, -0.05) is 0 Å². The molecule has 2 atom stereocenters. The summed E-state index contributed by atoms with van der Waals surface area (Å²) in [4.78, 5) is 25.2. The second kappa shape index (κ2) is 4.62. The van der Waals surface area contributed by atoms with Gasteiger partial charge in [0.1, 0.15) is 6.10 Å². The van der Waals surface area contributed by atoms with Gasteiger partial charge < -0.3 is 24.9 Å². The average molecular weight is 219 g/mol. The number of cyclic esters (lactones) is 1. The lowest BCUT2D eigenvalue weighted by Crippen LogP contribution is -2.33. The molecule has 1 aliphatic rings. The summed E-state index contributed by atoms with van der Waals surface area (Å²) < 4.78 is 4.48. The molecule has 0 fully saturated rings. The van der Waals surface area contributed by atoms with Crippen molar-refractivity contribution in [2.24, 2.45) is 0 Å². The fourth-order valence-electron chi connectivity index (χ4n) is 1.00. The van der Waals surface area contributed by atoms with E-state index in [2.05, 4.69) is 9.57 Å². The van der Waals surface area contributed by atoms with Crippen LogP contribution in [0.5, 0.6) is 0 Å². The van der Waals surface area contributed by atoms with E-state index in [1.165, 1.54) is 0 Å². The molecule has 0 unspecified atom stereocenters. The van der Waals surface area contributed by atoms with Crippen molar-refractivity contribution >= 4 is 12.4 Å². The predicted octanol–water partition coefficient (Wildman–Crippen LogP) is -2.29. The first-order valence-corrected chi connectivity index (χ1v) is 3.90. The third-order valence-corrected chi connectivity index (χ3v) is 1.67. The summed E-state index contributed by atoms with van der Waals surface area (Å²) in [6, 6.07) is 0. The fraction of sp³-hybridized carbons (Fsp3) is 0.429. The van der Waals surface area contributed by atoms with Crippen molar-refractivity contribution in [1.82, 2.24) is 5.48 Å². The van der Waals surface area contributed by atoms with Gasteiger partial charge in [0.15, 0.2) is 6.10 Å². The van der Waals surface area contributed by atoms with Gasteiger partial charge in [0, 0.05) is 0 Å². The number of nitrogens with one attached hydrogen (secondary N) is 1. The van der Waals surface area contributed by atoms with Gasteiger partial charge in [-0.3, -0.25) is 4.79 Å². The van der Waals surface area contributed by atoms with Crippen LogP contribution in [0.3, 0.4) is 0 Å². The molecule has 1 amide bonds. The minimum absolute atomic E-state index is 0.158. The molecule has 0 radical (unpaired) electrons.